The summed E-state index contributed by atoms with van der Waals surface area (Å²) in [4.78, 5) is 22.8. The van der Waals surface area contributed by atoms with Crippen molar-refractivity contribution in [2.24, 2.45) is 5.92 Å². The molecule has 2 heterocycles. The summed E-state index contributed by atoms with van der Waals surface area (Å²) in [5, 5.41) is 6.96. The third kappa shape index (κ3) is 6.44. The number of benzene rings is 2. The molecular formula is C28H34N4O3S. The first-order valence-corrected chi connectivity index (χ1v) is 13.1. The van der Waals surface area contributed by atoms with E-state index >= 15 is 0 Å². The largest absolute Gasteiger partial charge is 0.497 e. The fourth-order valence-electron chi connectivity index (χ4n) is 4.12. The van der Waals surface area contributed by atoms with Crippen molar-refractivity contribution in [1.82, 2.24) is 20.2 Å². The van der Waals surface area contributed by atoms with E-state index in [1.165, 1.54) is 22.3 Å². The molecule has 2 N–H and O–H groups in total. The van der Waals surface area contributed by atoms with Crippen LogP contribution in [-0.2, 0) is 19.5 Å². The average Bonchev–Trinajstić information content (AvgIpc) is 3.53. The van der Waals surface area contributed by atoms with Crippen molar-refractivity contribution in [2.75, 3.05) is 27.3 Å². The van der Waals surface area contributed by atoms with Crippen molar-refractivity contribution in [3.8, 4) is 11.5 Å². The zero-order valence-electron chi connectivity index (χ0n) is 21.3. The quantitative estimate of drug-likeness (QED) is 0.274. The highest BCUT2D eigenvalue weighted by molar-refractivity contribution is 7.09. The van der Waals surface area contributed by atoms with Crippen molar-refractivity contribution in [3.05, 3.63) is 75.9 Å². The summed E-state index contributed by atoms with van der Waals surface area (Å²) in [5.41, 5.74) is 3.98. The number of amides is 1. The molecule has 190 valence electrons. The Labute approximate surface area is 216 Å². The van der Waals surface area contributed by atoms with E-state index in [2.05, 4.69) is 58.4 Å². The Morgan fingerprint density at radius 1 is 1.11 bits per heavy atom. The predicted molar refractivity (Wildman–Crippen MR) is 145 cm³/mol. The Bertz CT molecular complexity index is 1300. The van der Waals surface area contributed by atoms with Crippen LogP contribution in [-0.4, -0.2) is 48.1 Å². The lowest BCUT2D eigenvalue weighted by molar-refractivity contribution is 0.0944. The number of ether oxygens (including phenoxy) is 2. The molecule has 0 fully saturated rings. The van der Waals surface area contributed by atoms with Crippen LogP contribution in [0.2, 0.25) is 0 Å². The number of nitrogens with zero attached hydrogens (tertiary/aromatic N) is 2. The Hall–Kier alpha value is -3.36. The second-order valence-electron chi connectivity index (χ2n) is 9.23. The first-order valence-electron chi connectivity index (χ1n) is 12.2. The molecule has 0 bridgehead atoms. The van der Waals surface area contributed by atoms with Crippen molar-refractivity contribution in [2.45, 2.75) is 33.4 Å². The molecule has 8 heteroatoms. The lowest BCUT2D eigenvalue weighted by atomic mass is 10.1. The van der Waals surface area contributed by atoms with Gasteiger partial charge in [0.05, 0.1) is 20.8 Å². The number of aromatic nitrogens is 2. The summed E-state index contributed by atoms with van der Waals surface area (Å²) >= 11 is 1.52. The van der Waals surface area contributed by atoms with Gasteiger partial charge in [0.2, 0.25) is 0 Å². The molecule has 0 atom stereocenters. The van der Waals surface area contributed by atoms with Crippen LogP contribution in [0.5, 0.6) is 11.5 Å². The van der Waals surface area contributed by atoms with Gasteiger partial charge in [0, 0.05) is 53.7 Å². The Morgan fingerprint density at radius 3 is 2.72 bits per heavy atom. The van der Waals surface area contributed by atoms with E-state index in [0.717, 1.165) is 40.6 Å². The fourth-order valence-corrected chi connectivity index (χ4v) is 4.94. The molecular weight excluding hydrogens is 472 g/mol. The van der Waals surface area contributed by atoms with Crippen LogP contribution in [0.4, 0.5) is 0 Å². The number of nitrogens with one attached hydrogen (secondary N) is 2. The Kier molecular flexibility index (Phi) is 8.61. The molecule has 2 aromatic heterocycles. The van der Waals surface area contributed by atoms with Crippen LogP contribution in [0, 0.1) is 5.92 Å². The number of aromatic amines is 1. The second kappa shape index (κ2) is 12.1. The van der Waals surface area contributed by atoms with Crippen LogP contribution in [0.25, 0.3) is 10.9 Å². The number of rotatable bonds is 12. The third-order valence-corrected chi connectivity index (χ3v) is 6.91. The molecule has 0 spiro atoms. The number of hydrogen-bond donors (Lipinski definition) is 2. The normalized spacial score (nSPS) is 11.4. The molecule has 36 heavy (non-hydrogen) atoms. The standard InChI is InChI=1S/C28H34N4O3S/c1-19(2)14-30-28(33)25-18-36-27(31-25)17-32(16-21-9-10-22(34-3)13-26(21)35-4)12-11-20-15-29-24-8-6-5-7-23(20)24/h5-10,13,15,18-19,29H,11-12,14,16-17H2,1-4H3,(H,30,33). The predicted octanol–water partition coefficient (Wildman–Crippen LogP) is 5.27. The van der Waals surface area contributed by atoms with Gasteiger partial charge < -0.3 is 19.8 Å². The minimum Gasteiger partial charge on any atom is -0.497 e. The summed E-state index contributed by atoms with van der Waals surface area (Å²) in [7, 11) is 3.33. The van der Waals surface area contributed by atoms with Crippen molar-refractivity contribution < 1.29 is 14.3 Å². The van der Waals surface area contributed by atoms with Crippen molar-refractivity contribution >= 4 is 28.1 Å². The number of para-hydroxylation sites is 1. The van der Waals surface area contributed by atoms with Gasteiger partial charge in [-0.15, -0.1) is 11.3 Å². The van der Waals surface area contributed by atoms with E-state index in [4.69, 9.17) is 9.47 Å². The minimum atomic E-state index is -0.117. The number of fused-ring (bicyclic) bond motifs is 1. The zero-order valence-corrected chi connectivity index (χ0v) is 22.2. The SMILES string of the molecule is COc1ccc(CN(CCc2c[nH]c3ccccc23)Cc2nc(C(=O)NCC(C)C)cs2)c(OC)c1. The highest BCUT2D eigenvalue weighted by atomic mass is 32.1. The topological polar surface area (TPSA) is 79.5 Å². The first-order chi connectivity index (χ1) is 17.5. The van der Waals surface area contributed by atoms with Crippen molar-refractivity contribution in [1.29, 1.82) is 0 Å². The minimum absolute atomic E-state index is 0.117. The van der Waals surface area contributed by atoms with Gasteiger partial charge >= 0.3 is 0 Å². The highest BCUT2D eigenvalue weighted by Crippen LogP contribution is 2.27. The molecule has 0 unspecified atom stereocenters. The summed E-state index contributed by atoms with van der Waals surface area (Å²) < 4.78 is 11.0. The maximum absolute atomic E-state index is 12.5. The maximum atomic E-state index is 12.5. The second-order valence-corrected chi connectivity index (χ2v) is 10.2. The lowest BCUT2D eigenvalue weighted by Crippen LogP contribution is -2.28. The van der Waals surface area contributed by atoms with Gasteiger partial charge in [0.15, 0.2) is 0 Å². The molecule has 4 aromatic rings. The molecule has 1 amide bonds. The number of hydrogen-bond acceptors (Lipinski definition) is 6. The summed E-state index contributed by atoms with van der Waals surface area (Å²) in [6, 6.07) is 14.3. The van der Waals surface area contributed by atoms with Crippen LogP contribution in [0.3, 0.4) is 0 Å². The molecule has 7 nitrogen and oxygen atoms in total. The zero-order chi connectivity index (χ0) is 25.5. The van der Waals surface area contributed by atoms with Gasteiger partial charge in [-0.1, -0.05) is 38.1 Å². The number of methoxy groups -OCH3 is 2. The third-order valence-electron chi connectivity index (χ3n) is 6.07. The number of H-pyrrole nitrogens is 1. The number of carbonyl (C=O) groups is 1. The smallest absolute Gasteiger partial charge is 0.270 e. The van der Waals surface area contributed by atoms with Crippen LogP contribution >= 0.6 is 11.3 Å². The number of thiazole rings is 1. The van der Waals surface area contributed by atoms with Gasteiger partial charge in [-0.25, -0.2) is 4.98 Å². The van der Waals surface area contributed by atoms with Crippen LogP contribution < -0.4 is 14.8 Å². The van der Waals surface area contributed by atoms with E-state index < -0.39 is 0 Å². The van der Waals surface area contributed by atoms with E-state index in [9.17, 15) is 4.79 Å². The van der Waals surface area contributed by atoms with Gasteiger partial charge in [-0.2, -0.15) is 0 Å². The number of carbonyl (C=O) groups excluding carboxylic acids is 1. The molecule has 0 aliphatic heterocycles. The summed E-state index contributed by atoms with van der Waals surface area (Å²) in [5.74, 6) is 1.83. The van der Waals surface area contributed by atoms with Gasteiger partial charge in [0.25, 0.3) is 5.91 Å². The summed E-state index contributed by atoms with van der Waals surface area (Å²) in [6.45, 7) is 6.94. The molecule has 2 aromatic carbocycles. The molecule has 0 radical (unpaired) electrons. The van der Waals surface area contributed by atoms with Crippen molar-refractivity contribution in [3.63, 3.8) is 0 Å². The molecule has 0 saturated carbocycles. The Morgan fingerprint density at radius 2 is 1.94 bits per heavy atom. The Balaban J connectivity index is 1.52. The molecule has 0 saturated heterocycles. The van der Waals surface area contributed by atoms with E-state index in [-0.39, 0.29) is 5.91 Å². The van der Waals surface area contributed by atoms with Gasteiger partial charge in [-0.05, 0) is 30.0 Å². The average molecular weight is 507 g/mol. The maximum Gasteiger partial charge on any atom is 0.270 e. The molecule has 0 aliphatic rings. The van der Waals surface area contributed by atoms with Gasteiger partial charge in [0.1, 0.15) is 22.2 Å². The van der Waals surface area contributed by atoms with Crippen LogP contribution in [0.1, 0.15) is 40.5 Å². The highest BCUT2D eigenvalue weighted by Gasteiger charge is 2.17. The first kappa shape index (κ1) is 25.7. The lowest BCUT2D eigenvalue weighted by Gasteiger charge is -2.22. The monoisotopic (exact) mass is 506 g/mol. The van der Waals surface area contributed by atoms with Gasteiger partial charge in [-0.3, -0.25) is 9.69 Å². The molecule has 4 rings (SSSR count). The van der Waals surface area contributed by atoms with E-state index in [1.807, 2.05) is 29.6 Å². The van der Waals surface area contributed by atoms with E-state index in [1.54, 1.807) is 14.2 Å². The fraction of sp³-hybridized carbons (Fsp3) is 0.357. The van der Waals surface area contributed by atoms with E-state index in [0.29, 0.717) is 31.2 Å². The van der Waals surface area contributed by atoms with Crippen LogP contribution in [0.15, 0.2) is 54.0 Å². The summed E-state index contributed by atoms with van der Waals surface area (Å²) in [6.07, 6.45) is 2.98. The molecule has 0 aliphatic carbocycles.